The Morgan fingerprint density at radius 2 is 2.25 bits per heavy atom. The first-order chi connectivity index (χ1) is 7.47. The fourth-order valence-corrected chi connectivity index (χ4v) is 1.92. The number of methoxy groups -OCH3 is 1. The maximum atomic E-state index is 13.6. The number of rotatable bonds is 3. The summed E-state index contributed by atoms with van der Waals surface area (Å²) < 4.78 is 18.6. The monoisotopic (exact) mass is 245 g/mol. The van der Waals surface area contributed by atoms with E-state index in [1.165, 1.54) is 13.2 Å². The van der Waals surface area contributed by atoms with Gasteiger partial charge >= 0.3 is 0 Å². The fraction of sp³-hybridized carbons (Fsp3) is 0.455. The molecule has 1 aromatic rings. The van der Waals surface area contributed by atoms with Crippen LogP contribution in [0.1, 0.15) is 18.4 Å². The van der Waals surface area contributed by atoms with E-state index < -0.39 is 11.6 Å². The van der Waals surface area contributed by atoms with Gasteiger partial charge in [0.05, 0.1) is 12.1 Å². The summed E-state index contributed by atoms with van der Waals surface area (Å²) >= 11 is 5.71. The first kappa shape index (κ1) is 11.5. The number of ether oxygens (including phenoxy) is 1. The lowest BCUT2D eigenvalue weighted by molar-refractivity contribution is 0.359. The topological polar surface area (TPSA) is 55.5 Å². The third-order valence-electron chi connectivity index (χ3n) is 2.86. The van der Waals surface area contributed by atoms with Crippen molar-refractivity contribution in [2.45, 2.75) is 24.8 Å². The van der Waals surface area contributed by atoms with Crippen LogP contribution in [-0.4, -0.2) is 17.8 Å². The second kappa shape index (κ2) is 3.79. The van der Waals surface area contributed by atoms with Crippen molar-refractivity contribution >= 4 is 11.6 Å². The van der Waals surface area contributed by atoms with Crippen LogP contribution in [0.4, 0.5) is 4.39 Å². The molecule has 0 radical (unpaired) electrons. The lowest BCUT2D eigenvalue weighted by Gasteiger charge is -2.14. The third-order valence-corrected chi connectivity index (χ3v) is 3.15. The Kier molecular flexibility index (Phi) is 2.72. The van der Waals surface area contributed by atoms with E-state index in [0.717, 1.165) is 12.8 Å². The van der Waals surface area contributed by atoms with E-state index in [1.807, 2.05) is 0 Å². The van der Waals surface area contributed by atoms with Crippen LogP contribution in [0.25, 0.3) is 0 Å². The van der Waals surface area contributed by atoms with Crippen molar-refractivity contribution in [2.75, 3.05) is 7.11 Å². The Morgan fingerprint density at radius 3 is 2.75 bits per heavy atom. The summed E-state index contributed by atoms with van der Waals surface area (Å²) in [7, 11) is 1.35. The molecule has 0 saturated heterocycles. The molecule has 0 atom stereocenters. The van der Waals surface area contributed by atoms with Gasteiger partial charge in [-0.3, -0.25) is 0 Å². The van der Waals surface area contributed by atoms with Gasteiger partial charge in [0.15, 0.2) is 11.5 Å². The average Bonchev–Trinajstić information content (AvgIpc) is 2.93. The predicted molar refractivity (Wildman–Crippen MR) is 59.5 cm³/mol. The molecule has 0 unspecified atom stereocenters. The van der Waals surface area contributed by atoms with Crippen molar-refractivity contribution in [3.05, 3.63) is 22.5 Å². The molecule has 1 saturated carbocycles. The zero-order chi connectivity index (χ0) is 11.9. The van der Waals surface area contributed by atoms with E-state index in [0.29, 0.717) is 12.0 Å². The van der Waals surface area contributed by atoms with Gasteiger partial charge in [0.25, 0.3) is 0 Å². The van der Waals surface area contributed by atoms with Crippen molar-refractivity contribution in [1.29, 1.82) is 0 Å². The maximum absolute atomic E-state index is 13.6. The second-order valence-electron chi connectivity index (χ2n) is 4.25. The van der Waals surface area contributed by atoms with Gasteiger partial charge in [0.2, 0.25) is 5.82 Å². The predicted octanol–water partition coefficient (Wildman–Crippen LogP) is 2.23. The zero-order valence-electron chi connectivity index (χ0n) is 8.89. The van der Waals surface area contributed by atoms with Crippen LogP contribution in [0.2, 0.25) is 5.02 Å². The van der Waals surface area contributed by atoms with Crippen LogP contribution in [0.3, 0.4) is 0 Å². The molecule has 88 valence electrons. The normalized spacial score (nSPS) is 17.2. The second-order valence-corrected chi connectivity index (χ2v) is 4.66. The molecule has 0 bridgehead atoms. The van der Waals surface area contributed by atoms with Crippen LogP contribution in [0.15, 0.2) is 6.07 Å². The highest BCUT2D eigenvalue weighted by atomic mass is 35.5. The van der Waals surface area contributed by atoms with E-state index in [2.05, 4.69) is 0 Å². The number of phenols is 1. The summed E-state index contributed by atoms with van der Waals surface area (Å²) in [5, 5.41) is 9.32. The minimum Gasteiger partial charge on any atom is -0.504 e. The van der Waals surface area contributed by atoms with Gasteiger partial charge in [0, 0.05) is 11.1 Å². The van der Waals surface area contributed by atoms with Crippen molar-refractivity contribution in [3.8, 4) is 11.5 Å². The first-order valence-corrected chi connectivity index (χ1v) is 5.37. The standard InChI is InChI=1S/C11H13ClFNO2/c1-16-10-6(5-11(14)2-3-11)4-7(12)9(15)8(10)13/h4,15H,2-3,5,14H2,1H3. The van der Waals surface area contributed by atoms with Crippen LogP contribution in [-0.2, 0) is 6.42 Å². The lowest BCUT2D eigenvalue weighted by atomic mass is 10.0. The minimum absolute atomic E-state index is 0.0162. The molecular formula is C11H13ClFNO2. The Morgan fingerprint density at radius 1 is 1.62 bits per heavy atom. The highest BCUT2D eigenvalue weighted by Crippen LogP contribution is 2.42. The number of benzene rings is 1. The molecule has 0 aliphatic heterocycles. The SMILES string of the molecule is COc1c(CC2(N)CC2)cc(Cl)c(O)c1F. The van der Waals surface area contributed by atoms with Crippen molar-refractivity contribution in [3.63, 3.8) is 0 Å². The molecule has 0 spiro atoms. The molecule has 16 heavy (non-hydrogen) atoms. The summed E-state index contributed by atoms with van der Waals surface area (Å²) in [6.45, 7) is 0. The lowest BCUT2D eigenvalue weighted by Crippen LogP contribution is -2.24. The number of hydrogen-bond acceptors (Lipinski definition) is 3. The van der Waals surface area contributed by atoms with E-state index in [4.69, 9.17) is 22.1 Å². The molecule has 0 aromatic heterocycles. The van der Waals surface area contributed by atoms with Gasteiger partial charge < -0.3 is 15.6 Å². The van der Waals surface area contributed by atoms with E-state index in [9.17, 15) is 9.50 Å². The number of hydrogen-bond donors (Lipinski definition) is 2. The fourth-order valence-electron chi connectivity index (χ4n) is 1.71. The molecule has 2 rings (SSSR count). The summed E-state index contributed by atoms with van der Waals surface area (Å²) in [4.78, 5) is 0. The molecule has 1 aromatic carbocycles. The number of aromatic hydroxyl groups is 1. The Balaban J connectivity index is 2.43. The van der Waals surface area contributed by atoms with Gasteiger partial charge in [-0.05, 0) is 25.3 Å². The molecule has 3 N–H and O–H groups in total. The molecule has 3 nitrogen and oxygen atoms in total. The van der Waals surface area contributed by atoms with Gasteiger partial charge in [-0.1, -0.05) is 11.6 Å². The molecule has 1 aliphatic carbocycles. The number of halogens is 2. The highest BCUT2D eigenvalue weighted by molar-refractivity contribution is 6.32. The summed E-state index contributed by atoms with van der Waals surface area (Å²) in [6, 6.07) is 1.51. The summed E-state index contributed by atoms with van der Waals surface area (Å²) in [6.07, 6.45) is 2.33. The first-order valence-electron chi connectivity index (χ1n) is 4.99. The van der Waals surface area contributed by atoms with E-state index in [-0.39, 0.29) is 16.3 Å². The van der Waals surface area contributed by atoms with Gasteiger partial charge in [-0.15, -0.1) is 0 Å². The molecule has 0 amide bonds. The highest BCUT2D eigenvalue weighted by Gasteiger charge is 2.39. The van der Waals surface area contributed by atoms with Gasteiger partial charge in [-0.2, -0.15) is 4.39 Å². The Bertz CT molecular complexity index is 432. The minimum atomic E-state index is -0.825. The summed E-state index contributed by atoms with van der Waals surface area (Å²) in [5.74, 6) is -1.38. The van der Waals surface area contributed by atoms with Crippen LogP contribution >= 0.6 is 11.6 Å². The number of nitrogens with two attached hydrogens (primary N) is 1. The van der Waals surface area contributed by atoms with E-state index >= 15 is 0 Å². The maximum Gasteiger partial charge on any atom is 0.208 e. The Labute approximate surface area is 98.0 Å². The van der Waals surface area contributed by atoms with Crippen molar-refractivity contribution in [2.24, 2.45) is 5.73 Å². The smallest absolute Gasteiger partial charge is 0.208 e. The molecule has 1 aliphatic rings. The number of phenolic OH excluding ortho intramolecular Hbond substituents is 1. The van der Waals surface area contributed by atoms with Crippen LogP contribution in [0.5, 0.6) is 11.5 Å². The van der Waals surface area contributed by atoms with Gasteiger partial charge in [0.1, 0.15) is 0 Å². The van der Waals surface area contributed by atoms with E-state index in [1.54, 1.807) is 0 Å². The zero-order valence-corrected chi connectivity index (χ0v) is 9.64. The average molecular weight is 246 g/mol. The Hall–Kier alpha value is -1.00. The molecule has 5 heteroatoms. The van der Waals surface area contributed by atoms with Crippen LogP contribution < -0.4 is 10.5 Å². The largest absolute Gasteiger partial charge is 0.504 e. The molecular weight excluding hydrogens is 233 g/mol. The molecule has 1 fully saturated rings. The quantitative estimate of drug-likeness (QED) is 0.859. The van der Waals surface area contributed by atoms with Crippen molar-refractivity contribution < 1.29 is 14.2 Å². The van der Waals surface area contributed by atoms with Crippen LogP contribution in [0, 0.1) is 5.82 Å². The third kappa shape index (κ3) is 1.95. The van der Waals surface area contributed by atoms with Gasteiger partial charge in [-0.25, -0.2) is 0 Å². The molecule has 0 heterocycles. The summed E-state index contributed by atoms with van der Waals surface area (Å²) in [5.41, 5.74) is 6.29. The van der Waals surface area contributed by atoms with Crippen molar-refractivity contribution in [1.82, 2.24) is 0 Å².